The zero-order valence-corrected chi connectivity index (χ0v) is 17.3. The molecule has 0 fully saturated rings. The smallest absolute Gasteiger partial charge is 0.145 e. The first-order valence-corrected chi connectivity index (χ1v) is 11.0. The van der Waals surface area contributed by atoms with Gasteiger partial charge in [-0.2, -0.15) is 0 Å². The molecule has 7 heteroatoms. The minimum Gasteiger partial charge on any atom is -0.496 e. The number of ether oxygens (including phenoxy) is 2. The third kappa shape index (κ3) is 5.37. The van der Waals surface area contributed by atoms with Gasteiger partial charge in [0, 0.05) is 11.3 Å². The predicted molar refractivity (Wildman–Crippen MR) is 105 cm³/mol. The van der Waals surface area contributed by atoms with Crippen LogP contribution in [0.3, 0.4) is 0 Å². The van der Waals surface area contributed by atoms with E-state index in [1.54, 1.807) is 23.0 Å². The van der Waals surface area contributed by atoms with Crippen molar-refractivity contribution in [2.45, 2.75) is 33.8 Å². The lowest BCUT2D eigenvalue weighted by molar-refractivity contribution is -0.253. The Balaban J connectivity index is 3.45. The number of hydrogen-bond acceptors (Lipinski definition) is 6. The second kappa shape index (κ2) is 11.0. The average Bonchev–Trinajstić information content (AvgIpc) is 2.58. The van der Waals surface area contributed by atoms with Gasteiger partial charge in [-0.3, -0.25) is 10.1 Å². The normalized spacial score (nSPS) is 11.5. The van der Waals surface area contributed by atoms with Gasteiger partial charge in [-0.25, -0.2) is 4.89 Å². The lowest BCUT2D eigenvalue weighted by atomic mass is 9.94. The second-order valence-corrected chi connectivity index (χ2v) is 7.77. The first-order chi connectivity index (χ1) is 11.5. The van der Waals surface area contributed by atoms with Crippen molar-refractivity contribution in [3.63, 3.8) is 0 Å². The van der Waals surface area contributed by atoms with Gasteiger partial charge in [0.2, 0.25) is 0 Å². The van der Waals surface area contributed by atoms with E-state index >= 15 is 0 Å². The highest BCUT2D eigenvalue weighted by atomic mass is 127. The summed E-state index contributed by atoms with van der Waals surface area (Å²) in [5.74, 6) is 2.27. The fourth-order valence-electron chi connectivity index (χ4n) is 2.54. The van der Waals surface area contributed by atoms with E-state index in [9.17, 15) is 4.79 Å². The summed E-state index contributed by atoms with van der Waals surface area (Å²) in [7, 11) is 3.28. The van der Waals surface area contributed by atoms with Crippen LogP contribution in [-0.2, 0) is 22.7 Å². The van der Waals surface area contributed by atoms with E-state index in [4.69, 9.17) is 14.7 Å². The quantitative estimate of drug-likeness (QED) is 0.137. The van der Waals surface area contributed by atoms with Gasteiger partial charge in [0.25, 0.3) is 0 Å². The van der Waals surface area contributed by atoms with Crippen LogP contribution in [0.15, 0.2) is 11.6 Å². The van der Waals surface area contributed by atoms with Crippen LogP contribution >= 0.6 is 30.1 Å². The zero-order valence-electron chi connectivity index (χ0n) is 14.3. The van der Waals surface area contributed by atoms with Gasteiger partial charge in [0.1, 0.15) is 24.4 Å². The van der Waals surface area contributed by atoms with Gasteiger partial charge < -0.3 is 9.47 Å². The zero-order chi connectivity index (χ0) is 18.1. The maximum atomic E-state index is 10.9. The summed E-state index contributed by atoms with van der Waals surface area (Å²) in [6.07, 6.45) is 3.21. The molecule has 0 aliphatic carbocycles. The SMILES string of the molecule is COc1c(C)c(COO)c(C)c(OCCSI)c1C/C=C(\C)C=O. The van der Waals surface area contributed by atoms with Crippen molar-refractivity contribution in [1.29, 1.82) is 0 Å². The average molecular weight is 466 g/mol. The third-order valence-corrected chi connectivity index (χ3v) is 5.41. The molecule has 1 aromatic carbocycles. The molecule has 1 rings (SSSR count). The van der Waals surface area contributed by atoms with E-state index in [-0.39, 0.29) is 6.61 Å². The number of methoxy groups -OCH3 is 1. The Morgan fingerprint density at radius 2 is 1.92 bits per heavy atom. The second-order valence-electron chi connectivity index (χ2n) is 5.27. The Morgan fingerprint density at radius 3 is 2.46 bits per heavy atom. The maximum absolute atomic E-state index is 10.9. The van der Waals surface area contributed by atoms with E-state index < -0.39 is 0 Å². The lowest BCUT2D eigenvalue weighted by Gasteiger charge is -2.22. The summed E-state index contributed by atoms with van der Waals surface area (Å²) in [6, 6.07) is 0. The first kappa shape index (κ1) is 21.3. The fourth-order valence-corrected chi connectivity index (χ4v) is 3.22. The van der Waals surface area contributed by atoms with E-state index in [0.29, 0.717) is 24.4 Å². The molecule has 0 aromatic heterocycles. The topological polar surface area (TPSA) is 65.0 Å². The molecule has 5 nitrogen and oxygen atoms in total. The monoisotopic (exact) mass is 466 g/mol. The summed E-state index contributed by atoms with van der Waals surface area (Å²) in [6.45, 7) is 6.25. The molecule has 0 amide bonds. The fraction of sp³-hybridized carbons (Fsp3) is 0.471. The largest absolute Gasteiger partial charge is 0.496 e. The van der Waals surface area contributed by atoms with Crippen LogP contribution < -0.4 is 9.47 Å². The lowest BCUT2D eigenvalue weighted by Crippen LogP contribution is -2.10. The summed E-state index contributed by atoms with van der Waals surface area (Å²) < 4.78 is 11.6. The number of hydrogen-bond donors (Lipinski definition) is 1. The summed E-state index contributed by atoms with van der Waals surface area (Å²) in [4.78, 5) is 15.2. The highest BCUT2D eigenvalue weighted by Gasteiger charge is 2.21. The molecule has 0 unspecified atom stereocenters. The summed E-state index contributed by atoms with van der Waals surface area (Å²) >= 11 is 2.23. The molecule has 0 aliphatic heterocycles. The van der Waals surface area contributed by atoms with Crippen molar-refractivity contribution in [1.82, 2.24) is 0 Å². The van der Waals surface area contributed by atoms with Crippen LogP contribution in [0.4, 0.5) is 0 Å². The summed E-state index contributed by atoms with van der Waals surface area (Å²) in [5.41, 5.74) is 4.20. The molecule has 0 bridgehead atoms. The van der Waals surface area contributed by atoms with Gasteiger partial charge in [-0.15, -0.1) is 0 Å². The number of benzene rings is 1. The van der Waals surface area contributed by atoms with Crippen molar-refractivity contribution in [3.05, 3.63) is 33.9 Å². The van der Waals surface area contributed by atoms with Crippen molar-refractivity contribution in [3.8, 4) is 11.5 Å². The molecular formula is C17H23IO5S. The van der Waals surface area contributed by atoms with Gasteiger partial charge >= 0.3 is 0 Å². The van der Waals surface area contributed by atoms with Gasteiger partial charge in [0.15, 0.2) is 0 Å². The molecule has 0 spiro atoms. The Labute approximate surface area is 159 Å². The molecule has 0 radical (unpaired) electrons. The van der Waals surface area contributed by atoms with Gasteiger partial charge in [0.05, 0.1) is 13.7 Å². The highest BCUT2D eigenvalue weighted by molar-refractivity contribution is 14.2. The molecule has 0 saturated heterocycles. The molecular weight excluding hydrogens is 443 g/mol. The molecule has 1 aromatic rings. The van der Waals surface area contributed by atoms with Crippen LogP contribution in [0.2, 0.25) is 0 Å². The number of carbonyl (C=O) groups excluding carboxylic acids is 1. The molecule has 0 saturated carbocycles. The summed E-state index contributed by atoms with van der Waals surface area (Å²) in [5, 5.41) is 8.88. The first-order valence-electron chi connectivity index (χ1n) is 7.45. The number of halogens is 1. The Bertz CT molecular complexity index is 601. The highest BCUT2D eigenvalue weighted by Crippen LogP contribution is 2.39. The Morgan fingerprint density at radius 1 is 1.25 bits per heavy atom. The molecule has 24 heavy (non-hydrogen) atoms. The number of carbonyl (C=O) groups is 1. The third-order valence-electron chi connectivity index (χ3n) is 3.77. The molecule has 134 valence electrons. The van der Waals surface area contributed by atoms with Crippen LogP contribution in [-0.4, -0.2) is 31.0 Å². The van der Waals surface area contributed by atoms with Crippen molar-refractivity contribution >= 4 is 36.4 Å². The van der Waals surface area contributed by atoms with Crippen molar-refractivity contribution in [2.75, 3.05) is 19.5 Å². The molecule has 0 aliphatic rings. The molecule has 0 atom stereocenters. The van der Waals surface area contributed by atoms with Gasteiger partial charge in [-0.1, -0.05) is 15.0 Å². The minimum atomic E-state index is 0.0644. The van der Waals surface area contributed by atoms with Crippen LogP contribution in [0.5, 0.6) is 11.5 Å². The minimum absolute atomic E-state index is 0.0644. The predicted octanol–water partition coefficient (Wildman–Crippen LogP) is 4.45. The molecule has 0 heterocycles. The van der Waals surface area contributed by atoms with E-state index in [1.165, 1.54) is 0 Å². The van der Waals surface area contributed by atoms with Crippen LogP contribution in [0.25, 0.3) is 0 Å². The van der Waals surface area contributed by atoms with E-state index in [0.717, 1.165) is 40.0 Å². The maximum Gasteiger partial charge on any atom is 0.145 e. The van der Waals surface area contributed by atoms with Gasteiger partial charge in [-0.05, 0) is 70.7 Å². The van der Waals surface area contributed by atoms with Crippen LogP contribution in [0, 0.1) is 13.8 Å². The Kier molecular flexibility index (Phi) is 9.72. The Hall–Kier alpha value is -0.770. The van der Waals surface area contributed by atoms with Crippen LogP contribution in [0.1, 0.15) is 29.2 Å². The van der Waals surface area contributed by atoms with E-state index in [1.807, 2.05) is 19.9 Å². The van der Waals surface area contributed by atoms with Crippen molar-refractivity contribution in [2.24, 2.45) is 0 Å². The number of rotatable bonds is 10. The van der Waals surface area contributed by atoms with E-state index in [2.05, 4.69) is 26.1 Å². The number of allylic oxidation sites excluding steroid dienone is 2. The van der Waals surface area contributed by atoms with Crippen molar-refractivity contribution < 1.29 is 24.4 Å². The number of aldehydes is 1. The molecule has 1 N–H and O–H groups in total. The standard InChI is InChI=1S/C17H23IO5S/c1-11(9-19)5-6-14-16(21-4)12(2)15(10-23-20)13(3)17(14)22-7-8-24-18/h5,9,20H,6-8,10H2,1-4H3/b11-5+.